The highest BCUT2D eigenvalue weighted by Crippen LogP contribution is 2.59. The van der Waals surface area contributed by atoms with Gasteiger partial charge in [0.1, 0.15) is 0 Å². The molecule has 7 nitrogen and oxygen atoms in total. The van der Waals surface area contributed by atoms with Gasteiger partial charge in [0.2, 0.25) is 0 Å². The highest BCUT2D eigenvalue weighted by Gasteiger charge is 2.45. The van der Waals surface area contributed by atoms with Crippen LogP contribution in [0.4, 0.5) is 0 Å². The van der Waals surface area contributed by atoms with Gasteiger partial charge in [-0.2, -0.15) is 0 Å². The summed E-state index contributed by atoms with van der Waals surface area (Å²) in [5.41, 5.74) is 0. The molecule has 0 spiro atoms. The number of ether oxygens (including phenoxy) is 3. The molecule has 2 rings (SSSR count). The number of hydrogen-bond acceptors (Lipinski definition) is 7. The van der Waals surface area contributed by atoms with Gasteiger partial charge < -0.3 is 24.2 Å². The van der Waals surface area contributed by atoms with Crippen molar-refractivity contribution in [1.29, 1.82) is 0 Å². The predicted octanol–water partition coefficient (Wildman–Crippen LogP) is 3.62. The van der Waals surface area contributed by atoms with Crippen molar-refractivity contribution in [1.82, 2.24) is 0 Å². The molecule has 9 heteroatoms. The van der Waals surface area contributed by atoms with Crippen LogP contribution in [0.3, 0.4) is 0 Å². The first-order valence-corrected chi connectivity index (χ1v) is 13.4. The molecule has 0 aromatic carbocycles. The lowest BCUT2D eigenvalue weighted by Gasteiger charge is -2.26. The van der Waals surface area contributed by atoms with Crippen LogP contribution in [0.5, 0.6) is 0 Å². The molecule has 8 atom stereocenters. The van der Waals surface area contributed by atoms with Crippen LogP contribution in [0.2, 0.25) is 0 Å². The number of aliphatic hydroxyl groups is 1. The van der Waals surface area contributed by atoms with Crippen molar-refractivity contribution < 1.29 is 33.3 Å². The monoisotopic (exact) mass is 440 g/mol. The lowest BCUT2D eigenvalue weighted by Crippen LogP contribution is -2.31. The van der Waals surface area contributed by atoms with Crippen LogP contribution in [0, 0.1) is 11.8 Å². The highest BCUT2D eigenvalue weighted by atomic mass is 32.7. The van der Waals surface area contributed by atoms with Crippen molar-refractivity contribution in [3.8, 4) is 0 Å². The second kappa shape index (κ2) is 10.6. The SMILES string of the molecule is CC(C)OC[C@H]1C(O)[C@@H](C)C[C@H]1OP(=O)(O)SC[C@H]1O[C@@H](C)C[C@H]1OC(C)C. The second-order valence-electron chi connectivity index (χ2n) is 8.60. The fourth-order valence-electron chi connectivity index (χ4n) is 3.88. The Morgan fingerprint density at radius 3 is 2.43 bits per heavy atom. The third-order valence-corrected chi connectivity index (χ3v) is 8.25. The zero-order valence-electron chi connectivity index (χ0n) is 17.8. The van der Waals surface area contributed by atoms with E-state index in [-0.39, 0.29) is 42.4 Å². The van der Waals surface area contributed by atoms with Crippen molar-refractivity contribution in [2.75, 3.05) is 12.4 Å². The van der Waals surface area contributed by atoms with E-state index < -0.39 is 19.0 Å². The van der Waals surface area contributed by atoms with Gasteiger partial charge in [-0.15, -0.1) is 0 Å². The first-order valence-electron chi connectivity index (χ1n) is 10.2. The molecule has 1 saturated heterocycles. The van der Waals surface area contributed by atoms with Gasteiger partial charge in [-0.3, -0.25) is 4.52 Å². The van der Waals surface area contributed by atoms with E-state index in [0.717, 1.165) is 17.8 Å². The zero-order chi connectivity index (χ0) is 21.1. The number of rotatable bonds is 10. The first kappa shape index (κ1) is 24.6. The average Bonchev–Trinajstić information content (AvgIpc) is 3.02. The van der Waals surface area contributed by atoms with E-state index in [4.69, 9.17) is 18.7 Å². The van der Waals surface area contributed by atoms with Crippen LogP contribution in [-0.4, -0.2) is 65.1 Å². The highest BCUT2D eigenvalue weighted by molar-refractivity contribution is 8.54. The van der Waals surface area contributed by atoms with Crippen LogP contribution >= 0.6 is 18.2 Å². The molecule has 1 aliphatic carbocycles. The minimum Gasteiger partial charge on any atom is -0.392 e. The topological polar surface area (TPSA) is 94.5 Å². The lowest BCUT2D eigenvalue weighted by molar-refractivity contribution is -0.0340. The molecule has 28 heavy (non-hydrogen) atoms. The smallest absolute Gasteiger partial charge is 0.386 e. The Hall–Kier alpha value is 0.340. The van der Waals surface area contributed by atoms with Crippen LogP contribution in [-0.2, 0) is 23.3 Å². The maximum atomic E-state index is 12.7. The Kier molecular flexibility index (Phi) is 9.30. The normalized spacial score (nSPS) is 38.4. The molecule has 0 amide bonds. The standard InChI is InChI=1S/C19H37O7PS/c1-11(2)23-9-15-16(7-13(5)19(15)20)26-27(21,22)28-10-18-17(24-12(3)4)8-14(6)25-18/h11-20H,7-10H2,1-6H3,(H,21,22)/t13-,14-,15+,16+,17+,18+,19?/m0/s1. The van der Waals surface area contributed by atoms with E-state index in [2.05, 4.69) is 0 Å². The average molecular weight is 441 g/mol. The molecule has 0 radical (unpaired) electrons. The molecule has 2 aliphatic rings. The Labute approximate surface area is 173 Å². The van der Waals surface area contributed by atoms with Crippen molar-refractivity contribution in [3.05, 3.63) is 0 Å². The maximum Gasteiger partial charge on any atom is 0.386 e. The molecule has 1 heterocycles. The van der Waals surface area contributed by atoms with Gasteiger partial charge >= 0.3 is 6.80 Å². The second-order valence-corrected chi connectivity index (χ2v) is 12.5. The summed E-state index contributed by atoms with van der Waals surface area (Å²) in [5, 5.41) is 10.4. The fourth-order valence-corrected chi connectivity index (χ4v) is 6.68. The fraction of sp³-hybridized carbons (Fsp3) is 1.00. The Morgan fingerprint density at radius 1 is 1.14 bits per heavy atom. The summed E-state index contributed by atoms with van der Waals surface area (Å²) in [4.78, 5) is 10.4. The van der Waals surface area contributed by atoms with E-state index in [9.17, 15) is 14.6 Å². The Morgan fingerprint density at radius 2 is 1.82 bits per heavy atom. The van der Waals surface area contributed by atoms with Crippen LogP contribution in [0.25, 0.3) is 0 Å². The molecule has 2 N–H and O–H groups in total. The van der Waals surface area contributed by atoms with Gasteiger partial charge in [0.05, 0.1) is 49.3 Å². The number of aliphatic hydroxyl groups excluding tert-OH is 1. The first-order chi connectivity index (χ1) is 13.0. The largest absolute Gasteiger partial charge is 0.392 e. The van der Waals surface area contributed by atoms with Gasteiger partial charge in [-0.1, -0.05) is 6.92 Å². The molecule has 1 aliphatic heterocycles. The molecule has 166 valence electrons. The van der Waals surface area contributed by atoms with Crippen molar-refractivity contribution in [2.24, 2.45) is 11.8 Å². The summed E-state index contributed by atoms with van der Waals surface area (Å²) < 4.78 is 35.7. The maximum absolute atomic E-state index is 12.7. The molecule has 1 saturated carbocycles. The van der Waals surface area contributed by atoms with Crippen molar-refractivity contribution >= 4 is 18.2 Å². The molecule has 2 unspecified atom stereocenters. The van der Waals surface area contributed by atoms with E-state index in [1.165, 1.54) is 0 Å². The van der Waals surface area contributed by atoms with Gasteiger partial charge in [-0.25, -0.2) is 4.57 Å². The van der Waals surface area contributed by atoms with E-state index in [0.29, 0.717) is 18.8 Å². The summed E-state index contributed by atoms with van der Waals surface area (Å²) in [5.74, 6) is 0.0184. The predicted molar refractivity (Wildman–Crippen MR) is 110 cm³/mol. The molecule has 0 aromatic heterocycles. The van der Waals surface area contributed by atoms with Gasteiger partial charge in [-0.05, 0) is 58.3 Å². The minimum atomic E-state index is -3.90. The summed E-state index contributed by atoms with van der Waals surface area (Å²) in [6.45, 7) is 8.11. The minimum absolute atomic E-state index is 0.00130. The number of hydrogen-bond donors (Lipinski definition) is 2. The summed E-state index contributed by atoms with van der Waals surface area (Å²) >= 11 is 0.886. The van der Waals surface area contributed by atoms with E-state index in [1.54, 1.807) is 0 Å². The van der Waals surface area contributed by atoms with Crippen LogP contribution < -0.4 is 0 Å². The molecular weight excluding hydrogens is 403 g/mol. The van der Waals surface area contributed by atoms with Crippen molar-refractivity contribution in [2.45, 2.75) is 97.1 Å². The third-order valence-electron chi connectivity index (χ3n) is 5.23. The van der Waals surface area contributed by atoms with Crippen LogP contribution in [0.15, 0.2) is 0 Å². The molecule has 0 aromatic rings. The van der Waals surface area contributed by atoms with Gasteiger partial charge in [0.15, 0.2) is 0 Å². The quantitative estimate of drug-likeness (QED) is 0.498. The van der Waals surface area contributed by atoms with Gasteiger partial charge in [0.25, 0.3) is 0 Å². The molecule has 0 bridgehead atoms. The van der Waals surface area contributed by atoms with Crippen molar-refractivity contribution in [3.63, 3.8) is 0 Å². The van der Waals surface area contributed by atoms with Gasteiger partial charge in [0, 0.05) is 18.1 Å². The Bertz CT molecular complexity index is 532. The summed E-state index contributed by atoms with van der Waals surface area (Å²) in [7, 11) is 0. The summed E-state index contributed by atoms with van der Waals surface area (Å²) in [6, 6.07) is 0. The third kappa shape index (κ3) is 7.24. The molecular formula is C19H37O7PS. The van der Waals surface area contributed by atoms with E-state index >= 15 is 0 Å². The lowest BCUT2D eigenvalue weighted by atomic mass is 10.0. The van der Waals surface area contributed by atoms with E-state index in [1.807, 2.05) is 41.5 Å². The zero-order valence-corrected chi connectivity index (χ0v) is 19.5. The molecule has 2 fully saturated rings. The summed E-state index contributed by atoms with van der Waals surface area (Å²) in [6.07, 6.45) is 0.0643. The van der Waals surface area contributed by atoms with Crippen LogP contribution in [0.1, 0.15) is 54.4 Å². The Balaban J connectivity index is 1.91.